The maximum atomic E-state index is 13.5. The molecular weight excluding hydrogens is 339 g/mol. The van der Waals surface area contributed by atoms with Crippen LogP contribution in [0.15, 0.2) is 48.9 Å². The first-order valence-electron chi connectivity index (χ1n) is 9.93. The van der Waals surface area contributed by atoms with Gasteiger partial charge in [-0.15, -0.1) is 0 Å². The van der Waals surface area contributed by atoms with Crippen molar-refractivity contribution in [2.45, 2.75) is 57.5 Å². The van der Waals surface area contributed by atoms with Crippen LogP contribution in [0.5, 0.6) is 0 Å². The van der Waals surface area contributed by atoms with Crippen LogP contribution in [0.25, 0.3) is 5.52 Å². The van der Waals surface area contributed by atoms with Gasteiger partial charge in [0.15, 0.2) is 0 Å². The van der Waals surface area contributed by atoms with E-state index in [1.165, 1.54) is 11.6 Å². The number of fused-ring (bicyclic) bond motifs is 1. The zero-order valence-electron chi connectivity index (χ0n) is 16.0. The molecule has 0 unspecified atom stereocenters. The van der Waals surface area contributed by atoms with E-state index in [0.29, 0.717) is 11.8 Å². The van der Waals surface area contributed by atoms with Crippen LogP contribution in [0.4, 0.5) is 4.39 Å². The number of benzene rings is 1. The Hall–Kier alpha value is -2.20. The van der Waals surface area contributed by atoms with Crippen LogP contribution in [0, 0.1) is 11.7 Å². The van der Waals surface area contributed by atoms with Crippen molar-refractivity contribution in [3.8, 4) is 0 Å². The van der Waals surface area contributed by atoms with Gasteiger partial charge in [0.25, 0.3) is 0 Å². The van der Waals surface area contributed by atoms with Gasteiger partial charge < -0.3 is 9.51 Å². The summed E-state index contributed by atoms with van der Waals surface area (Å²) in [5.74, 6) is 0.783. The van der Waals surface area contributed by atoms with Crippen molar-refractivity contribution < 1.29 is 9.50 Å². The molecule has 1 atom stereocenters. The van der Waals surface area contributed by atoms with E-state index in [4.69, 9.17) is 0 Å². The average Bonchev–Trinajstić information content (AvgIpc) is 3.15. The molecule has 0 aliphatic heterocycles. The number of pyridine rings is 1. The lowest BCUT2D eigenvalue weighted by molar-refractivity contribution is 0.0752. The predicted molar refractivity (Wildman–Crippen MR) is 105 cm³/mol. The topological polar surface area (TPSA) is 37.5 Å². The van der Waals surface area contributed by atoms with Crippen molar-refractivity contribution in [1.82, 2.24) is 9.38 Å². The summed E-state index contributed by atoms with van der Waals surface area (Å²) in [6.07, 6.45) is 7.01. The zero-order chi connectivity index (χ0) is 19.0. The SMILES string of the molecule is CC(C)c1ccc2cncn2c1[C@H](O)[C@H]1CC[C@H](c2cccc(F)c2)CC1. The van der Waals surface area contributed by atoms with Gasteiger partial charge in [0.1, 0.15) is 5.82 Å². The Morgan fingerprint density at radius 2 is 1.89 bits per heavy atom. The van der Waals surface area contributed by atoms with Crippen molar-refractivity contribution in [2.75, 3.05) is 0 Å². The number of halogens is 1. The molecule has 1 aliphatic rings. The van der Waals surface area contributed by atoms with Gasteiger partial charge in [-0.1, -0.05) is 32.0 Å². The summed E-state index contributed by atoms with van der Waals surface area (Å²) in [6.45, 7) is 4.32. The van der Waals surface area contributed by atoms with E-state index >= 15 is 0 Å². The fraction of sp³-hybridized carbons (Fsp3) is 0.435. The van der Waals surface area contributed by atoms with Gasteiger partial charge in [-0.25, -0.2) is 9.37 Å². The molecule has 142 valence electrons. The fourth-order valence-electron chi connectivity index (χ4n) is 4.58. The van der Waals surface area contributed by atoms with E-state index in [2.05, 4.69) is 31.0 Å². The quantitative estimate of drug-likeness (QED) is 0.652. The van der Waals surface area contributed by atoms with Crippen LogP contribution >= 0.6 is 0 Å². The lowest BCUT2D eigenvalue weighted by atomic mass is 9.75. The average molecular weight is 366 g/mol. The summed E-state index contributed by atoms with van der Waals surface area (Å²) in [6, 6.07) is 11.2. The largest absolute Gasteiger partial charge is 0.387 e. The molecule has 2 aromatic heterocycles. The lowest BCUT2D eigenvalue weighted by Crippen LogP contribution is -2.22. The highest BCUT2D eigenvalue weighted by Gasteiger charge is 2.31. The minimum absolute atomic E-state index is 0.164. The molecule has 0 saturated heterocycles. The summed E-state index contributed by atoms with van der Waals surface area (Å²) in [5.41, 5.74) is 4.26. The predicted octanol–water partition coefficient (Wildman–Crippen LogP) is 5.60. The van der Waals surface area contributed by atoms with Gasteiger partial charge in [0.2, 0.25) is 0 Å². The van der Waals surface area contributed by atoms with Crippen molar-refractivity contribution in [1.29, 1.82) is 0 Å². The van der Waals surface area contributed by atoms with Crippen LogP contribution in [0.1, 0.15) is 74.3 Å². The molecule has 1 aliphatic carbocycles. The van der Waals surface area contributed by atoms with E-state index in [-0.39, 0.29) is 11.7 Å². The van der Waals surface area contributed by atoms with Gasteiger partial charge >= 0.3 is 0 Å². The second-order valence-corrected chi connectivity index (χ2v) is 8.13. The lowest BCUT2D eigenvalue weighted by Gasteiger charge is -2.33. The van der Waals surface area contributed by atoms with Crippen molar-refractivity contribution >= 4 is 5.52 Å². The molecular formula is C23H27FN2O. The molecule has 2 heterocycles. The number of hydrogen-bond acceptors (Lipinski definition) is 2. The molecule has 0 amide bonds. The number of nitrogens with zero attached hydrogens (tertiary/aromatic N) is 2. The number of hydrogen-bond donors (Lipinski definition) is 1. The number of imidazole rings is 1. The molecule has 1 fully saturated rings. The highest BCUT2D eigenvalue weighted by molar-refractivity contribution is 5.49. The normalized spacial score (nSPS) is 21.7. The van der Waals surface area contributed by atoms with Crippen LogP contribution in [0.3, 0.4) is 0 Å². The number of rotatable bonds is 4. The zero-order valence-corrected chi connectivity index (χ0v) is 16.0. The Bertz CT molecular complexity index is 925. The molecule has 27 heavy (non-hydrogen) atoms. The Kier molecular flexibility index (Phi) is 5.00. The summed E-state index contributed by atoms with van der Waals surface area (Å²) in [5, 5.41) is 11.3. The highest BCUT2D eigenvalue weighted by Crippen LogP contribution is 2.42. The molecule has 1 saturated carbocycles. The van der Waals surface area contributed by atoms with Crippen LogP contribution < -0.4 is 0 Å². The number of aromatic nitrogens is 2. The minimum atomic E-state index is -0.506. The first-order valence-corrected chi connectivity index (χ1v) is 9.93. The second-order valence-electron chi connectivity index (χ2n) is 8.13. The molecule has 3 nitrogen and oxygen atoms in total. The van der Waals surface area contributed by atoms with Gasteiger partial charge in [-0.05, 0) is 72.8 Å². The maximum absolute atomic E-state index is 13.5. The third-order valence-corrected chi connectivity index (χ3v) is 6.10. The number of aliphatic hydroxyl groups is 1. The summed E-state index contributed by atoms with van der Waals surface area (Å²) >= 11 is 0. The maximum Gasteiger partial charge on any atom is 0.123 e. The summed E-state index contributed by atoms with van der Waals surface area (Å²) < 4.78 is 15.6. The van der Waals surface area contributed by atoms with Crippen molar-refractivity contribution in [3.05, 3.63) is 71.6 Å². The van der Waals surface area contributed by atoms with Gasteiger partial charge in [-0.2, -0.15) is 0 Å². The Morgan fingerprint density at radius 1 is 1.11 bits per heavy atom. The van der Waals surface area contributed by atoms with E-state index < -0.39 is 6.10 Å². The minimum Gasteiger partial charge on any atom is -0.387 e. The highest BCUT2D eigenvalue weighted by atomic mass is 19.1. The Labute approximate surface area is 159 Å². The molecule has 0 bridgehead atoms. The third kappa shape index (κ3) is 3.51. The first-order chi connectivity index (χ1) is 13.0. The van der Waals surface area contributed by atoms with Crippen LogP contribution in [-0.4, -0.2) is 14.5 Å². The van der Waals surface area contributed by atoms with E-state index in [9.17, 15) is 9.50 Å². The number of aliphatic hydroxyl groups excluding tert-OH is 1. The molecule has 1 N–H and O–H groups in total. The fourth-order valence-corrected chi connectivity index (χ4v) is 4.58. The second kappa shape index (κ2) is 7.43. The molecule has 4 heteroatoms. The van der Waals surface area contributed by atoms with Gasteiger partial charge in [0, 0.05) is 0 Å². The first kappa shape index (κ1) is 18.2. The van der Waals surface area contributed by atoms with E-state index in [1.807, 2.05) is 16.7 Å². The summed E-state index contributed by atoms with van der Waals surface area (Å²) in [4.78, 5) is 4.27. The van der Waals surface area contributed by atoms with Crippen LogP contribution in [0.2, 0.25) is 0 Å². The smallest absolute Gasteiger partial charge is 0.123 e. The monoisotopic (exact) mass is 366 g/mol. The van der Waals surface area contributed by atoms with E-state index in [0.717, 1.165) is 42.5 Å². The molecule has 1 aromatic carbocycles. The summed E-state index contributed by atoms with van der Waals surface area (Å²) in [7, 11) is 0. The molecule has 3 aromatic rings. The van der Waals surface area contributed by atoms with Crippen molar-refractivity contribution in [2.24, 2.45) is 5.92 Å². The van der Waals surface area contributed by atoms with E-state index in [1.54, 1.807) is 18.5 Å². The standard InChI is InChI=1S/C23H27FN2O/c1-15(2)21-11-10-20-13-25-14-26(20)22(21)23(27)17-8-6-16(7-9-17)18-4-3-5-19(24)12-18/h3-5,10-17,23,27H,6-9H2,1-2H3/t16-,17-,23-/m1/s1. The molecule has 4 rings (SSSR count). The van der Waals surface area contributed by atoms with Crippen molar-refractivity contribution in [3.63, 3.8) is 0 Å². The molecule has 0 spiro atoms. The van der Waals surface area contributed by atoms with Crippen LogP contribution in [-0.2, 0) is 0 Å². The van der Waals surface area contributed by atoms with Gasteiger partial charge in [0.05, 0.1) is 29.8 Å². The molecule has 0 radical (unpaired) electrons. The Balaban J connectivity index is 1.56. The Morgan fingerprint density at radius 3 is 2.59 bits per heavy atom. The van der Waals surface area contributed by atoms with Gasteiger partial charge in [-0.3, -0.25) is 0 Å². The third-order valence-electron chi connectivity index (χ3n) is 6.10.